The van der Waals surface area contributed by atoms with Crippen LogP contribution in [0, 0.1) is 13.8 Å². The summed E-state index contributed by atoms with van der Waals surface area (Å²) >= 11 is 0. The first kappa shape index (κ1) is 7.59. The first-order valence-electron chi connectivity index (χ1n) is 4.41. The number of hydrogen-bond acceptors (Lipinski definition) is 1. The Labute approximate surface area is 72.2 Å². The van der Waals surface area contributed by atoms with Crippen molar-refractivity contribution in [3.63, 3.8) is 0 Å². The Balaban J connectivity index is 2.60. The summed E-state index contributed by atoms with van der Waals surface area (Å²) < 4.78 is 1.83. The highest BCUT2D eigenvalue weighted by Gasteiger charge is 2.18. The van der Waals surface area contributed by atoms with Gasteiger partial charge in [-0.05, 0) is 37.8 Å². The Kier molecular flexibility index (Phi) is 1.56. The summed E-state index contributed by atoms with van der Waals surface area (Å²) in [7, 11) is 0. The van der Waals surface area contributed by atoms with E-state index in [9.17, 15) is 4.79 Å². The number of rotatable bonds is 0. The maximum Gasteiger partial charge on any atom is 0.230 e. The summed E-state index contributed by atoms with van der Waals surface area (Å²) in [4.78, 5) is 11.4. The van der Waals surface area contributed by atoms with E-state index in [1.54, 1.807) is 0 Å². The Morgan fingerprint density at radius 1 is 1.33 bits per heavy atom. The van der Waals surface area contributed by atoms with E-state index in [2.05, 4.69) is 13.8 Å². The van der Waals surface area contributed by atoms with Gasteiger partial charge in [0.05, 0.1) is 0 Å². The first-order chi connectivity index (χ1) is 5.70. The molecule has 1 aromatic heterocycles. The molecule has 0 fully saturated rings. The average Bonchev–Trinajstić information content (AvgIpc) is 2.32. The molecule has 0 N–H and O–H groups in total. The second kappa shape index (κ2) is 2.47. The van der Waals surface area contributed by atoms with Crippen LogP contribution < -0.4 is 0 Å². The van der Waals surface area contributed by atoms with E-state index in [1.807, 2.05) is 10.8 Å². The number of nitrogens with zero attached hydrogens (tertiary/aromatic N) is 1. The van der Waals surface area contributed by atoms with Crippen LogP contribution in [0.25, 0.3) is 0 Å². The topological polar surface area (TPSA) is 22.0 Å². The summed E-state index contributed by atoms with van der Waals surface area (Å²) in [6.45, 7) is 4.16. The third-order valence-electron chi connectivity index (χ3n) is 2.71. The molecule has 0 atom stereocenters. The Bertz CT molecular complexity index is 336. The number of carbonyl (C=O) groups is 1. The lowest BCUT2D eigenvalue weighted by molar-refractivity contribution is 0.0884. The minimum Gasteiger partial charge on any atom is -0.291 e. The molecule has 2 heterocycles. The standard InChI is InChI=1S/C10H13NO/c1-7-6-11-9(8(7)2)4-3-5-10(11)12/h6H,3-5H2,1-2H3. The molecule has 0 saturated heterocycles. The fourth-order valence-electron chi connectivity index (χ4n) is 1.83. The minimum absolute atomic E-state index is 0.257. The Hall–Kier alpha value is -1.05. The van der Waals surface area contributed by atoms with Crippen molar-refractivity contribution in [2.75, 3.05) is 0 Å². The molecule has 2 rings (SSSR count). The molecule has 0 amide bonds. The quantitative estimate of drug-likeness (QED) is 0.574. The number of aromatic nitrogens is 1. The smallest absolute Gasteiger partial charge is 0.230 e. The molecule has 0 aliphatic carbocycles. The van der Waals surface area contributed by atoms with Gasteiger partial charge in [0.15, 0.2) is 0 Å². The van der Waals surface area contributed by atoms with Gasteiger partial charge in [-0.25, -0.2) is 0 Å². The molecule has 0 aromatic carbocycles. The maximum absolute atomic E-state index is 11.4. The van der Waals surface area contributed by atoms with E-state index in [1.165, 1.54) is 16.8 Å². The van der Waals surface area contributed by atoms with Crippen LogP contribution in [0.4, 0.5) is 0 Å². The lowest BCUT2D eigenvalue weighted by Crippen LogP contribution is -2.18. The van der Waals surface area contributed by atoms with Gasteiger partial charge in [-0.3, -0.25) is 9.36 Å². The van der Waals surface area contributed by atoms with Crippen LogP contribution in [-0.2, 0) is 6.42 Å². The third-order valence-corrected chi connectivity index (χ3v) is 2.71. The molecule has 64 valence electrons. The maximum atomic E-state index is 11.4. The average molecular weight is 163 g/mol. The van der Waals surface area contributed by atoms with Crippen LogP contribution in [0.15, 0.2) is 6.20 Å². The van der Waals surface area contributed by atoms with Crippen LogP contribution >= 0.6 is 0 Å². The van der Waals surface area contributed by atoms with Gasteiger partial charge in [-0.2, -0.15) is 0 Å². The van der Waals surface area contributed by atoms with Crippen molar-refractivity contribution >= 4 is 5.91 Å². The monoisotopic (exact) mass is 163 g/mol. The van der Waals surface area contributed by atoms with E-state index >= 15 is 0 Å². The highest BCUT2D eigenvalue weighted by Crippen LogP contribution is 2.22. The molecule has 0 bridgehead atoms. The molecule has 0 spiro atoms. The molecule has 2 nitrogen and oxygen atoms in total. The molecule has 0 saturated carbocycles. The largest absolute Gasteiger partial charge is 0.291 e. The van der Waals surface area contributed by atoms with Crippen molar-refractivity contribution in [3.05, 3.63) is 23.0 Å². The summed E-state index contributed by atoms with van der Waals surface area (Å²) in [5.41, 5.74) is 3.76. The summed E-state index contributed by atoms with van der Waals surface area (Å²) in [6.07, 6.45) is 4.75. The van der Waals surface area contributed by atoms with Crippen molar-refractivity contribution in [1.82, 2.24) is 4.57 Å². The van der Waals surface area contributed by atoms with Crippen LogP contribution in [0.3, 0.4) is 0 Å². The normalized spacial score (nSPS) is 16.3. The van der Waals surface area contributed by atoms with E-state index in [-0.39, 0.29) is 5.91 Å². The van der Waals surface area contributed by atoms with Crippen molar-refractivity contribution in [2.45, 2.75) is 33.1 Å². The first-order valence-corrected chi connectivity index (χ1v) is 4.41. The number of hydrogen-bond donors (Lipinski definition) is 0. The number of fused-ring (bicyclic) bond motifs is 1. The lowest BCUT2D eigenvalue weighted by Gasteiger charge is -2.13. The SMILES string of the molecule is Cc1cn2c(c1C)CCCC2=O. The van der Waals surface area contributed by atoms with Crippen LogP contribution in [0.1, 0.15) is 34.5 Å². The Morgan fingerprint density at radius 2 is 2.08 bits per heavy atom. The van der Waals surface area contributed by atoms with E-state index in [0.29, 0.717) is 6.42 Å². The molecule has 1 aliphatic heterocycles. The summed E-state index contributed by atoms with van der Waals surface area (Å²) in [6, 6.07) is 0. The summed E-state index contributed by atoms with van der Waals surface area (Å²) in [5.74, 6) is 0.257. The van der Waals surface area contributed by atoms with Gasteiger partial charge < -0.3 is 0 Å². The Morgan fingerprint density at radius 3 is 2.75 bits per heavy atom. The van der Waals surface area contributed by atoms with Crippen molar-refractivity contribution in [2.24, 2.45) is 0 Å². The molecule has 2 heteroatoms. The van der Waals surface area contributed by atoms with Crippen LogP contribution in [-0.4, -0.2) is 10.5 Å². The fourth-order valence-corrected chi connectivity index (χ4v) is 1.83. The third kappa shape index (κ3) is 0.909. The second-order valence-electron chi connectivity index (χ2n) is 3.50. The molecule has 1 aliphatic rings. The van der Waals surface area contributed by atoms with Gasteiger partial charge in [0.1, 0.15) is 0 Å². The number of carbonyl (C=O) groups excluding carboxylic acids is 1. The van der Waals surface area contributed by atoms with Gasteiger partial charge in [0.2, 0.25) is 5.91 Å². The molecule has 0 unspecified atom stereocenters. The zero-order chi connectivity index (χ0) is 8.72. The second-order valence-corrected chi connectivity index (χ2v) is 3.50. The van der Waals surface area contributed by atoms with Gasteiger partial charge in [0.25, 0.3) is 0 Å². The lowest BCUT2D eigenvalue weighted by atomic mass is 10.1. The molecular weight excluding hydrogens is 150 g/mol. The zero-order valence-corrected chi connectivity index (χ0v) is 7.55. The van der Waals surface area contributed by atoms with Gasteiger partial charge in [0, 0.05) is 18.3 Å². The molecule has 0 radical (unpaired) electrons. The van der Waals surface area contributed by atoms with Gasteiger partial charge in [-0.1, -0.05) is 0 Å². The van der Waals surface area contributed by atoms with Gasteiger partial charge in [-0.15, -0.1) is 0 Å². The minimum atomic E-state index is 0.257. The summed E-state index contributed by atoms with van der Waals surface area (Å²) in [5, 5.41) is 0. The van der Waals surface area contributed by atoms with Crippen molar-refractivity contribution in [3.8, 4) is 0 Å². The fraction of sp³-hybridized carbons (Fsp3) is 0.500. The molecule has 12 heavy (non-hydrogen) atoms. The molecular formula is C10H13NO. The van der Waals surface area contributed by atoms with E-state index in [0.717, 1.165) is 12.8 Å². The predicted octanol–water partition coefficient (Wildman–Crippen LogP) is 2.08. The van der Waals surface area contributed by atoms with Crippen molar-refractivity contribution in [1.29, 1.82) is 0 Å². The van der Waals surface area contributed by atoms with E-state index in [4.69, 9.17) is 0 Å². The van der Waals surface area contributed by atoms with Gasteiger partial charge >= 0.3 is 0 Å². The van der Waals surface area contributed by atoms with E-state index < -0.39 is 0 Å². The van der Waals surface area contributed by atoms with Crippen LogP contribution in [0.2, 0.25) is 0 Å². The highest BCUT2D eigenvalue weighted by molar-refractivity contribution is 5.81. The highest BCUT2D eigenvalue weighted by atomic mass is 16.2. The molecule has 1 aromatic rings. The van der Waals surface area contributed by atoms with Crippen LogP contribution in [0.5, 0.6) is 0 Å². The van der Waals surface area contributed by atoms with Crippen molar-refractivity contribution < 1.29 is 4.79 Å². The predicted molar refractivity (Wildman–Crippen MR) is 47.5 cm³/mol. The number of aryl methyl sites for hydroxylation is 1. The zero-order valence-electron chi connectivity index (χ0n) is 7.55.